The van der Waals surface area contributed by atoms with Crippen LogP contribution in [0.2, 0.25) is 0 Å². The van der Waals surface area contributed by atoms with Gasteiger partial charge in [0.1, 0.15) is 11.8 Å². The van der Waals surface area contributed by atoms with Gasteiger partial charge in [0.05, 0.1) is 0 Å². The molecule has 1 N–H and O–H groups in total. The van der Waals surface area contributed by atoms with Crippen LogP contribution in [0, 0.1) is 17.2 Å². The van der Waals surface area contributed by atoms with Crippen LogP contribution in [-0.4, -0.2) is 11.0 Å². The normalized spacial score (nSPS) is 24.2. The first-order valence-electron chi connectivity index (χ1n) is 6.36. The maximum atomic E-state index is 8.78. The Bertz CT molecular complexity index is 400. The van der Waals surface area contributed by atoms with E-state index in [1.165, 1.54) is 25.7 Å². The van der Waals surface area contributed by atoms with E-state index in [2.05, 4.69) is 23.3 Å². The molecule has 1 aliphatic carbocycles. The van der Waals surface area contributed by atoms with E-state index in [4.69, 9.17) is 5.26 Å². The van der Waals surface area contributed by atoms with Gasteiger partial charge in [0, 0.05) is 18.8 Å². The van der Waals surface area contributed by atoms with E-state index in [9.17, 15) is 0 Å². The standard InChI is InChI=1S/C14H19N3/c1-11-2-4-13(5-3-11)17-10-12-6-7-16-14(8-12)9-15/h6-8,11,13,17H,2-5,10H2,1H3. The van der Waals surface area contributed by atoms with Crippen LogP contribution in [-0.2, 0) is 6.54 Å². The Morgan fingerprint density at radius 3 is 2.88 bits per heavy atom. The van der Waals surface area contributed by atoms with Gasteiger partial charge in [-0.2, -0.15) is 5.26 Å². The fourth-order valence-corrected chi connectivity index (χ4v) is 2.37. The van der Waals surface area contributed by atoms with E-state index in [1.807, 2.05) is 12.1 Å². The Balaban J connectivity index is 1.83. The number of nitrogens with one attached hydrogen (secondary N) is 1. The number of aromatic nitrogens is 1. The van der Waals surface area contributed by atoms with E-state index >= 15 is 0 Å². The maximum Gasteiger partial charge on any atom is 0.140 e. The summed E-state index contributed by atoms with van der Waals surface area (Å²) in [6.07, 6.45) is 6.92. The Morgan fingerprint density at radius 2 is 2.18 bits per heavy atom. The molecule has 0 aromatic carbocycles. The molecule has 3 heteroatoms. The predicted molar refractivity (Wildman–Crippen MR) is 67.2 cm³/mol. The van der Waals surface area contributed by atoms with Crippen LogP contribution in [0.25, 0.3) is 0 Å². The summed E-state index contributed by atoms with van der Waals surface area (Å²) >= 11 is 0. The van der Waals surface area contributed by atoms with Gasteiger partial charge in [-0.1, -0.05) is 6.92 Å². The minimum atomic E-state index is 0.501. The molecule has 0 saturated heterocycles. The van der Waals surface area contributed by atoms with Crippen molar-refractivity contribution in [3.05, 3.63) is 29.6 Å². The number of nitrogens with zero attached hydrogens (tertiary/aromatic N) is 2. The second kappa shape index (κ2) is 5.79. The van der Waals surface area contributed by atoms with E-state index in [0.29, 0.717) is 11.7 Å². The van der Waals surface area contributed by atoms with Crippen LogP contribution in [0.4, 0.5) is 0 Å². The topological polar surface area (TPSA) is 48.7 Å². The monoisotopic (exact) mass is 229 g/mol. The van der Waals surface area contributed by atoms with Crippen LogP contribution < -0.4 is 5.32 Å². The van der Waals surface area contributed by atoms with Gasteiger partial charge in [0.15, 0.2) is 0 Å². The van der Waals surface area contributed by atoms with Crippen molar-refractivity contribution in [1.29, 1.82) is 5.26 Å². The smallest absolute Gasteiger partial charge is 0.140 e. The number of rotatable bonds is 3. The number of hydrogen-bond acceptors (Lipinski definition) is 3. The van der Waals surface area contributed by atoms with Crippen molar-refractivity contribution in [2.45, 2.75) is 45.2 Å². The van der Waals surface area contributed by atoms with Gasteiger partial charge in [-0.15, -0.1) is 0 Å². The predicted octanol–water partition coefficient (Wildman–Crippen LogP) is 2.62. The molecule has 1 aromatic rings. The average Bonchev–Trinajstić information content (AvgIpc) is 2.38. The van der Waals surface area contributed by atoms with E-state index < -0.39 is 0 Å². The molecule has 1 aromatic heterocycles. The first kappa shape index (κ1) is 12.1. The zero-order chi connectivity index (χ0) is 12.1. The van der Waals surface area contributed by atoms with Crippen molar-refractivity contribution < 1.29 is 0 Å². The van der Waals surface area contributed by atoms with Crippen LogP contribution >= 0.6 is 0 Å². The van der Waals surface area contributed by atoms with Crippen LogP contribution in [0.1, 0.15) is 43.9 Å². The highest BCUT2D eigenvalue weighted by Crippen LogP contribution is 2.23. The first-order chi connectivity index (χ1) is 8.28. The Labute approximate surface area is 103 Å². The van der Waals surface area contributed by atoms with Gasteiger partial charge in [-0.05, 0) is 49.3 Å². The lowest BCUT2D eigenvalue weighted by molar-refractivity contribution is 0.306. The highest BCUT2D eigenvalue weighted by atomic mass is 14.9. The fraction of sp³-hybridized carbons (Fsp3) is 0.571. The lowest BCUT2D eigenvalue weighted by Crippen LogP contribution is -2.32. The lowest BCUT2D eigenvalue weighted by Gasteiger charge is -2.27. The number of nitriles is 1. The van der Waals surface area contributed by atoms with Gasteiger partial charge in [-0.3, -0.25) is 0 Å². The number of hydrogen-bond donors (Lipinski definition) is 1. The average molecular weight is 229 g/mol. The van der Waals surface area contributed by atoms with Gasteiger partial charge in [0.25, 0.3) is 0 Å². The van der Waals surface area contributed by atoms with E-state index in [-0.39, 0.29) is 0 Å². The SMILES string of the molecule is CC1CCC(NCc2ccnc(C#N)c2)CC1. The minimum Gasteiger partial charge on any atom is -0.310 e. The summed E-state index contributed by atoms with van der Waals surface area (Å²) in [4.78, 5) is 3.97. The molecule has 3 nitrogen and oxygen atoms in total. The molecule has 1 saturated carbocycles. The summed E-state index contributed by atoms with van der Waals surface area (Å²) in [5.41, 5.74) is 1.65. The van der Waals surface area contributed by atoms with Crippen molar-refractivity contribution in [3.8, 4) is 6.07 Å². The molecule has 1 aliphatic rings. The highest BCUT2D eigenvalue weighted by molar-refractivity contribution is 5.25. The quantitative estimate of drug-likeness (QED) is 0.866. The lowest BCUT2D eigenvalue weighted by atomic mass is 9.87. The van der Waals surface area contributed by atoms with Gasteiger partial charge >= 0.3 is 0 Å². The molecule has 17 heavy (non-hydrogen) atoms. The largest absolute Gasteiger partial charge is 0.310 e. The van der Waals surface area contributed by atoms with Crippen LogP contribution in [0.15, 0.2) is 18.3 Å². The Kier molecular flexibility index (Phi) is 4.11. The zero-order valence-corrected chi connectivity index (χ0v) is 10.3. The van der Waals surface area contributed by atoms with Crippen molar-refractivity contribution in [2.75, 3.05) is 0 Å². The zero-order valence-electron chi connectivity index (χ0n) is 10.3. The number of pyridine rings is 1. The van der Waals surface area contributed by atoms with E-state index in [0.717, 1.165) is 18.0 Å². The Hall–Kier alpha value is -1.40. The summed E-state index contributed by atoms with van der Waals surface area (Å²) in [7, 11) is 0. The molecule has 90 valence electrons. The second-order valence-electron chi connectivity index (χ2n) is 5.00. The molecule has 0 bridgehead atoms. The highest BCUT2D eigenvalue weighted by Gasteiger charge is 2.17. The molecular formula is C14H19N3. The molecule has 1 heterocycles. The minimum absolute atomic E-state index is 0.501. The van der Waals surface area contributed by atoms with Gasteiger partial charge in [-0.25, -0.2) is 4.98 Å². The van der Waals surface area contributed by atoms with Crippen LogP contribution in [0.5, 0.6) is 0 Å². The molecule has 2 rings (SSSR count). The van der Waals surface area contributed by atoms with Gasteiger partial charge < -0.3 is 5.32 Å². The summed E-state index contributed by atoms with van der Waals surface area (Å²) < 4.78 is 0. The van der Waals surface area contributed by atoms with Crippen molar-refractivity contribution in [1.82, 2.24) is 10.3 Å². The summed E-state index contributed by atoms with van der Waals surface area (Å²) in [5, 5.41) is 12.3. The molecule has 1 fully saturated rings. The molecule has 0 spiro atoms. The van der Waals surface area contributed by atoms with Crippen molar-refractivity contribution >= 4 is 0 Å². The first-order valence-corrected chi connectivity index (χ1v) is 6.36. The van der Waals surface area contributed by atoms with Gasteiger partial charge in [0.2, 0.25) is 0 Å². The third-order valence-electron chi connectivity index (χ3n) is 3.55. The van der Waals surface area contributed by atoms with Crippen LogP contribution in [0.3, 0.4) is 0 Å². The summed E-state index contributed by atoms with van der Waals surface area (Å²) in [5.74, 6) is 0.888. The third-order valence-corrected chi connectivity index (χ3v) is 3.55. The summed E-state index contributed by atoms with van der Waals surface area (Å²) in [6.45, 7) is 3.18. The van der Waals surface area contributed by atoms with Crippen molar-refractivity contribution in [3.63, 3.8) is 0 Å². The Morgan fingerprint density at radius 1 is 1.41 bits per heavy atom. The molecule has 0 unspecified atom stereocenters. The molecule has 0 atom stereocenters. The van der Waals surface area contributed by atoms with Crippen molar-refractivity contribution in [2.24, 2.45) is 5.92 Å². The fourth-order valence-electron chi connectivity index (χ4n) is 2.37. The molecular weight excluding hydrogens is 210 g/mol. The summed E-state index contributed by atoms with van der Waals surface area (Å²) in [6, 6.07) is 6.55. The molecule has 0 radical (unpaired) electrons. The molecule has 0 aliphatic heterocycles. The van der Waals surface area contributed by atoms with E-state index in [1.54, 1.807) is 6.20 Å². The third kappa shape index (κ3) is 3.54. The molecule has 0 amide bonds. The maximum absolute atomic E-state index is 8.78. The second-order valence-corrected chi connectivity index (χ2v) is 5.00.